The third-order valence-electron chi connectivity index (χ3n) is 3.47. The van der Waals surface area contributed by atoms with Gasteiger partial charge in [0, 0.05) is 0 Å². The van der Waals surface area contributed by atoms with E-state index in [0.29, 0.717) is 16.6 Å². The van der Waals surface area contributed by atoms with Gasteiger partial charge in [0.1, 0.15) is 0 Å². The molecule has 0 spiro atoms. The molecule has 0 unspecified atom stereocenters. The molecule has 2 aromatic rings. The first-order chi connectivity index (χ1) is 11.5. The van der Waals surface area contributed by atoms with Crippen LogP contribution in [0.3, 0.4) is 0 Å². The standard InChI is InChI=1S/C19H21ClN2O2/c1-13(2)16-7-5-15(6-8-16)11-21-24-12-19(23)22-18-9-4-14(3)10-17(18)20/h4-11,13H,12H2,1-3H3,(H,22,23)/b21-11-. The second-order valence-electron chi connectivity index (χ2n) is 5.86. The van der Waals surface area contributed by atoms with Gasteiger partial charge in [-0.3, -0.25) is 4.79 Å². The maximum absolute atomic E-state index is 11.8. The van der Waals surface area contributed by atoms with Crippen LogP contribution in [0.5, 0.6) is 0 Å². The summed E-state index contributed by atoms with van der Waals surface area (Å²) in [6.07, 6.45) is 1.58. The Morgan fingerprint density at radius 3 is 2.58 bits per heavy atom. The van der Waals surface area contributed by atoms with Crippen LogP contribution in [0.25, 0.3) is 0 Å². The molecule has 5 heteroatoms. The van der Waals surface area contributed by atoms with Gasteiger partial charge in [-0.15, -0.1) is 0 Å². The zero-order chi connectivity index (χ0) is 17.5. The third kappa shape index (κ3) is 5.39. The molecular formula is C19H21ClN2O2. The van der Waals surface area contributed by atoms with E-state index in [4.69, 9.17) is 16.4 Å². The summed E-state index contributed by atoms with van der Waals surface area (Å²) < 4.78 is 0. The molecule has 0 aliphatic carbocycles. The summed E-state index contributed by atoms with van der Waals surface area (Å²) in [4.78, 5) is 16.8. The molecule has 1 N–H and O–H groups in total. The quantitative estimate of drug-likeness (QED) is 0.606. The predicted octanol–water partition coefficient (Wildman–Crippen LogP) is 4.76. The number of aryl methyl sites for hydroxylation is 1. The van der Waals surface area contributed by atoms with E-state index < -0.39 is 0 Å². The third-order valence-corrected chi connectivity index (χ3v) is 3.79. The highest BCUT2D eigenvalue weighted by Gasteiger charge is 2.06. The van der Waals surface area contributed by atoms with Crippen LogP contribution >= 0.6 is 11.6 Å². The van der Waals surface area contributed by atoms with E-state index in [2.05, 4.69) is 36.5 Å². The van der Waals surface area contributed by atoms with Gasteiger partial charge >= 0.3 is 0 Å². The zero-order valence-electron chi connectivity index (χ0n) is 14.0. The van der Waals surface area contributed by atoms with Gasteiger partial charge in [-0.05, 0) is 41.7 Å². The number of carbonyl (C=O) groups is 1. The number of nitrogens with zero attached hydrogens (tertiary/aromatic N) is 1. The van der Waals surface area contributed by atoms with Gasteiger partial charge in [0.2, 0.25) is 0 Å². The highest BCUT2D eigenvalue weighted by molar-refractivity contribution is 6.33. The van der Waals surface area contributed by atoms with Gasteiger partial charge in [-0.25, -0.2) is 0 Å². The summed E-state index contributed by atoms with van der Waals surface area (Å²) in [7, 11) is 0. The maximum Gasteiger partial charge on any atom is 0.265 e. The van der Waals surface area contributed by atoms with Crippen molar-refractivity contribution in [1.82, 2.24) is 0 Å². The van der Waals surface area contributed by atoms with Crippen molar-refractivity contribution in [2.24, 2.45) is 5.16 Å². The molecule has 0 saturated heterocycles. The lowest BCUT2D eigenvalue weighted by Gasteiger charge is -2.07. The van der Waals surface area contributed by atoms with Crippen molar-refractivity contribution in [2.75, 3.05) is 11.9 Å². The SMILES string of the molecule is Cc1ccc(NC(=O)CO/N=C\c2ccc(C(C)C)cc2)c(Cl)c1. The Kier molecular flexibility index (Phi) is 6.38. The number of anilines is 1. The van der Waals surface area contributed by atoms with Crippen LogP contribution in [0.1, 0.15) is 36.5 Å². The normalized spacial score (nSPS) is 11.0. The Labute approximate surface area is 147 Å². The molecule has 0 aliphatic heterocycles. The number of rotatable bonds is 6. The number of carbonyl (C=O) groups excluding carboxylic acids is 1. The summed E-state index contributed by atoms with van der Waals surface area (Å²) in [6, 6.07) is 13.5. The molecule has 1 amide bonds. The topological polar surface area (TPSA) is 50.7 Å². The fourth-order valence-corrected chi connectivity index (χ4v) is 2.35. The van der Waals surface area contributed by atoms with Crippen LogP contribution in [0.4, 0.5) is 5.69 Å². The molecule has 4 nitrogen and oxygen atoms in total. The van der Waals surface area contributed by atoms with Gasteiger partial charge in [0.05, 0.1) is 16.9 Å². The van der Waals surface area contributed by atoms with Crippen LogP contribution < -0.4 is 5.32 Å². The van der Waals surface area contributed by atoms with Crippen LogP contribution in [0.2, 0.25) is 5.02 Å². The second kappa shape index (κ2) is 8.50. The molecule has 0 heterocycles. The van der Waals surface area contributed by atoms with Crippen molar-refractivity contribution in [3.05, 3.63) is 64.2 Å². The minimum atomic E-state index is -0.312. The molecule has 0 fully saturated rings. The average Bonchev–Trinajstić information content (AvgIpc) is 2.55. The predicted molar refractivity (Wildman–Crippen MR) is 98.9 cm³/mol. The highest BCUT2D eigenvalue weighted by atomic mass is 35.5. The lowest BCUT2D eigenvalue weighted by molar-refractivity contribution is -0.120. The number of benzene rings is 2. The average molecular weight is 345 g/mol. The maximum atomic E-state index is 11.8. The van der Waals surface area contributed by atoms with E-state index in [9.17, 15) is 4.79 Å². The van der Waals surface area contributed by atoms with E-state index >= 15 is 0 Å². The van der Waals surface area contributed by atoms with E-state index in [-0.39, 0.29) is 12.5 Å². The van der Waals surface area contributed by atoms with E-state index in [0.717, 1.165) is 11.1 Å². The summed E-state index contributed by atoms with van der Waals surface area (Å²) in [5.74, 6) is 0.178. The molecule has 24 heavy (non-hydrogen) atoms. The Morgan fingerprint density at radius 2 is 1.96 bits per heavy atom. The molecule has 0 saturated carbocycles. The molecule has 2 aromatic carbocycles. The highest BCUT2D eigenvalue weighted by Crippen LogP contribution is 2.22. The lowest BCUT2D eigenvalue weighted by Crippen LogP contribution is -2.17. The summed E-state index contributed by atoms with van der Waals surface area (Å²) in [5.41, 5.74) is 3.77. The van der Waals surface area contributed by atoms with Gasteiger partial charge in [0.15, 0.2) is 6.61 Å². The number of oxime groups is 1. The lowest BCUT2D eigenvalue weighted by atomic mass is 10.0. The first kappa shape index (κ1) is 18.0. The first-order valence-corrected chi connectivity index (χ1v) is 8.15. The molecule has 126 valence electrons. The van der Waals surface area contributed by atoms with E-state index in [1.165, 1.54) is 5.56 Å². The van der Waals surface area contributed by atoms with E-state index in [1.54, 1.807) is 18.3 Å². The van der Waals surface area contributed by atoms with Crippen molar-refractivity contribution >= 4 is 29.4 Å². The summed E-state index contributed by atoms with van der Waals surface area (Å²) in [5, 5.41) is 7.00. The molecule has 0 bridgehead atoms. The minimum Gasteiger partial charge on any atom is -0.386 e. The molecule has 0 radical (unpaired) electrons. The van der Waals surface area contributed by atoms with Crippen molar-refractivity contribution in [2.45, 2.75) is 26.7 Å². The fraction of sp³-hybridized carbons (Fsp3) is 0.263. The van der Waals surface area contributed by atoms with Crippen LogP contribution in [0, 0.1) is 6.92 Å². The molecule has 0 aliphatic rings. The van der Waals surface area contributed by atoms with Crippen molar-refractivity contribution < 1.29 is 9.63 Å². The van der Waals surface area contributed by atoms with Crippen molar-refractivity contribution in [3.8, 4) is 0 Å². The smallest absolute Gasteiger partial charge is 0.265 e. The van der Waals surface area contributed by atoms with Crippen LogP contribution in [0.15, 0.2) is 47.6 Å². The van der Waals surface area contributed by atoms with E-state index in [1.807, 2.05) is 25.1 Å². The molecule has 0 aromatic heterocycles. The van der Waals surface area contributed by atoms with Gasteiger partial charge in [-0.1, -0.05) is 60.9 Å². The Balaban J connectivity index is 1.81. The summed E-state index contributed by atoms with van der Waals surface area (Å²) >= 11 is 6.06. The van der Waals surface area contributed by atoms with Crippen LogP contribution in [-0.4, -0.2) is 18.7 Å². The Bertz CT molecular complexity index is 725. The van der Waals surface area contributed by atoms with Gasteiger partial charge < -0.3 is 10.2 Å². The summed E-state index contributed by atoms with van der Waals surface area (Å²) in [6.45, 7) is 6.05. The van der Waals surface area contributed by atoms with Crippen molar-refractivity contribution in [1.29, 1.82) is 0 Å². The largest absolute Gasteiger partial charge is 0.386 e. The van der Waals surface area contributed by atoms with Crippen molar-refractivity contribution in [3.63, 3.8) is 0 Å². The number of hydrogen-bond acceptors (Lipinski definition) is 3. The molecule has 2 rings (SSSR count). The molecular weight excluding hydrogens is 324 g/mol. The zero-order valence-corrected chi connectivity index (χ0v) is 14.8. The number of halogens is 1. The van der Waals surface area contributed by atoms with Gasteiger partial charge in [0.25, 0.3) is 5.91 Å². The fourth-order valence-electron chi connectivity index (χ4n) is 2.07. The van der Waals surface area contributed by atoms with Crippen LogP contribution in [-0.2, 0) is 9.63 Å². The Morgan fingerprint density at radius 1 is 1.25 bits per heavy atom. The number of hydrogen-bond donors (Lipinski definition) is 1. The molecule has 0 atom stereocenters. The number of amides is 1. The first-order valence-electron chi connectivity index (χ1n) is 7.77. The minimum absolute atomic E-state index is 0.176. The Hall–Kier alpha value is -2.33. The second-order valence-corrected chi connectivity index (χ2v) is 6.27. The van der Waals surface area contributed by atoms with Gasteiger partial charge in [-0.2, -0.15) is 0 Å². The monoisotopic (exact) mass is 344 g/mol. The number of nitrogens with one attached hydrogen (secondary N) is 1.